The fourth-order valence-electron chi connectivity index (χ4n) is 4.73. The molecule has 194 valence electrons. The number of ketones is 1. The van der Waals surface area contributed by atoms with Crippen LogP contribution in [0.15, 0.2) is 66.2 Å². The summed E-state index contributed by atoms with van der Waals surface area (Å²) >= 11 is 1.34. The van der Waals surface area contributed by atoms with Crippen LogP contribution in [0.2, 0.25) is 0 Å². The van der Waals surface area contributed by atoms with E-state index in [0.29, 0.717) is 34.4 Å². The van der Waals surface area contributed by atoms with Crippen molar-refractivity contribution in [2.24, 2.45) is 0 Å². The summed E-state index contributed by atoms with van der Waals surface area (Å²) < 4.78 is 12.1. The topological polar surface area (TPSA) is 89.0 Å². The summed E-state index contributed by atoms with van der Waals surface area (Å²) in [7, 11) is 1.55. The average molecular weight is 529 g/mol. The number of hydrogen-bond donors (Lipinski definition) is 1. The van der Waals surface area contributed by atoms with Crippen LogP contribution >= 0.6 is 11.3 Å². The highest BCUT2D eigenvalue weighted by atomic mass is 32.1. The van der Waals surface area contributed by atoms with Crippen molar-refractivity contribution in [3.8, 4) is 11.5 Å². The number of carbonyl (C=O) groups excluding carboxylic acids is 2. The Morgan fingerprint density at radius 2 is 1.82 bits per heavy atom. The molecule has 0 spiro atoms. The van der Waals surface area contributed by atoms with E-state index in [1.807, 2.05) is 39.0 Å². The third-order valence-corrected chi connectivity index (χ3v) is 7.46. The molecule has 38 heavy (non-hydrogen) atoms. The minimum atomic E-state index is -0.896. The number of Topliss-reactive ketones (excluding diaryl/α,β-unsaturated/α-hetero) is 1. The Morgan fingerprint density at radius 3 is 2.58 bits per heavy atom. The highest BCUT2D eigenvalue weighted by molar-refractivity contribution is 7.22. The van der Waals surface area contributed by atoms with Crippen LogP contribution in [-0.2, 0) is 9.59 Å². The van der Waals surface area contributed by atoms with Gasteiger partial charge in [0.1, 0.15) is 17.3 Å². The number of anilines is 1. The summed E-state index contributed by atoms with van der Waals surface area (Å²) in [5.74, 6) is -0.652. The fourth-order valence-corrected chi connectivity index (χ4v) is 5.90. The summed E-state index contributed by atoms with van der Waals surface area (Å²) in [4.78, 5) is 33.3. The first kappa shape index (κ1) is 25.5. The number of ether oxygens (including phenoxy) is 2. The summed E-state index contributed by atoms with van der Waals surface area (Å²) in [6.07, 6.45) is 0.832. The van der Waals surface area contributed by atoms with Crippen LogP contribution in [0.25, 0.3) is 16.0 Å². The summed E-state index contributed by atoms with van der Waals surface area (Å²) in [5.41, 5.74) is 3.85. The van der Waals surface area contributed by atoms with E-state index in [2.05, 4.69) is 0 Å². The molecule has 1 unspecified atom stereocenters. The second kappa shape index (κ2) is 10.3. The van der Waals surface area contributed by atoms with Crippen molar-refractivity contribution >= 4 is 44.1 Å². The van der Waals surface area contributed by atoms with E-state index in [-0.39, 0.29) is 11.3 Å². The first-order valence-corrected chi connectivity index (χ1v) is 13.2. The maximum Gasteiger partial charge on any atom is 0.301 e. The zero-order chi connectivity index (χ0) is 27.0. The maximum absolute atomic E-state index is 13.6. The van der Waals surface area contributed by atoms with Gasteiger partial charge in [-0.15, -0.1) is 0 Å². The number of carbonyl (C=O) groups is 2. The Balaban J connectivity index is 1.71. The second-order valence-electron chi connectivity index (χ2n) is 9.25. The van der Waals surface area contributed by atoms with E-state index in [1.54, 1.807) is 49.6 Å². The van der Waals surface area contributed by atoms with Gasteiger partial charge in [-0.05, 0) is 67.3 Å². The van der Waals surface area contributed by atoms with Gasteiger partial charge in [0.05, 0.1) is 35.5 Å². The molecule has 8 heteroatoms. The molecule has 1 aliphatic heterocycles. The highest BCUT2D eigenvalue weighted by Gasteiger charge is 2.48. The largest absolute Gasteiger partial charge is 0.507 e. The number of hydrogen-bond acceptors (Lipinski definition) is 7. The molecule has 2 heterocycles. The van der Waals surface area contributed by atoms with Gasteiger partial charge in [0.25, 0.3) is 5.78 Å². The molecule has 0 bridgehead atoms. The number of nitrogens with zero attached hydrogens (tertiary/aromatic N) is 2. The van der Waals surface area contributed by atoms with E-state index in [4.69, 9.17) is 14.5 Å². The van der Waals surface area contributed by atoms with Gasteiger partial charge in [-0.2, -0.15) is 0 Å². The van der Waals surface area contributed by atoms with Gasteiger partial charge in [-0.1, -0.05) is 48.6 Å². The third-order valence-electron chi connectivity index (χ3n) is 6.46. The van der Waals surface area contributed by atoms with Crippen molar-refractivity contribution in [2.45, 2.75) is 33.2 Å². The molecule has 1 fully saturated rings. The molecule has 1 saturated heterocycles. The zero-order valence-electron chi connectivity index (χ0n) is 21.6. The first-order chi connectivity index (χ1) is 18.3. The molecule has 7 nitrogen and oxygen atoms in total. The van der Waals surface area contributed by atoms with Crippen LogP contribution in [0.4, 0.5) is 5.13 Å². The number of benzene rings is 3. The Morgan fingerprint density at radius 1 is 1.05 bits per heavy atom. The van der Waals surface area contributed by atoms with Gasteiger partial charge in [-0.25, -0.2) is 4.98 Å². The number of thiazole rings is 1. The minimum absolute atomic E-state index is 0.0111. The number of aliphatic hydroxyl groups is 1. The molecule has 3 aromatic carbocycles. The van der Waals surface area contributed by atoms with Gasteiger partial charge < -0.3 is 14.6 Å². The van der Waals surface area contributed by atoms with Gasteiger partial charge >= 0.3 is 5.91 Å². The number of aliphatic hydroxyl groups excluding tert-OH is 1. The smallest absolute Gasteiger partial charge is 0.301 e. The lowest BCUT2D eigenvalue weighted by Gasteiger charge is -2.23. The van der Waals surface area contributed by atoms with E-state index < -0.39 is 17.7 Å². The normalized spacial score (nSPS) is 16.8. The zero-order valence-corrected chi connectivity index (χ0v) is 22.5. The molecular weight excluding hydrogens is 500 g/mol. The summed E-state index contributed by atoms with van der Waals surface area (Å²) in [6, 6.07) is 17.2. The molecule has 1 N–H and O–H groups in total. The van der Waals surface area contributed by atoms with Crippen LogP contribution < -0.4 is 14.4 Å². The number of rotatable bonds is 7. The van der Waals surface area contributed by atoms with Crippen molar-refractivity contribution in [3.63, 3.8) is 0 Å². The van der Waals surface area contributed by atoms with Crippen LogP contribution in [-0.4, -0.2) is 35.5 Å². The lowest BCUT2D eigenvalue weighted by molar-refractivity contribution is -0.132. The highest BCUT2D eigenvalue weighted by Crippen LogP contribution is 2.45. The number of amides is 1. The van der Waals surface area contributed by atoms with Gasteiger partial charge in [0.2, 0.25) is 0 Å². The van der Waals surface area contributed by atoms with Gasteiger partial charge in [-0.3, -0.25) is 14.5 Å². The summed E-state index contributed by atoms with van der Waals surface area (Å²) in [6.45, 7) is 6.51. The number of aromatic nitrogens is 1. The number of aryl methyl sites for hydroxylation is 2. The predicted octanol–water partition coefficient (Wildman–Crippen LogP) is 6.34. The predicted molar refractivity (Wildman–Crippen MR) is 149 cm³/mol. The van der Waals surface area contributed by atoms with Crippen molar-refractivity contribution in [1.29, 1.82) is 0 Å². The van der Waals surface area contributed by atoms with Crippen molar-refractivity contribution in [3.05, 3.63) is 88.5 Å². The maximum atomic E-state index is 13.6. The minimum Gasteiger partial charge on any atom is -0.507 e. The standard InChI is InChI=1S/C30H28N2O5S/c1-5-12-37-22-11-7-9-20(16-22)27(33)24-26(19-8-6-10-21(15-19)36-4)32(29(35)28(24)34)30-31-25-18(3)13-17(2)14-23(25)38-30/h6-11,13-16,26,33H,5,12H2,1-4H3. The van der Waals surface area contributed by atoms with Crippen LogP contribution in [0.1, 0.15) is 41.6 Å². The summed E-state index contributed by atoms with van der Waals surface area (Å²) in [5, 5.41) is 11.9. The van der Waals surface area contributed by atoms with Crippen molar-refractivity contribution in [1.82, 2.24) is 4.98 Å². The third kappa shape index (κ3) is 4.52. The van der Waals surface area contributed by atoms with Crippen molar-refractivity contribution < 1.29 is 24.2 Å². The molecule has 1 amide bonds. The Bertz CT molecular complexity index is 1590. The van der Waals surface area contributed by atoms with Crippen molar-refractivity contribution in [2.75, 3.05) is 18.6 Å². The van der Waals surface area contributed by atoms with E-state index in [1.165, 1.54) is 16.2 Å². The lowest BCUT2D eigenvalue weighted by atomic mass is 9.95. The second-order valence-corrected chi connectivity index (χ2v) is 10.3. The van der Waals surface area contributed by atoms with Crippen LogP contribution in [0.5, 0.6) is 11.5 Å². The van der Waals surface area contributed by atoms with E-state index >= 15 is 0 Å². The SMILES string of the molecule is CCCOc1cccc(C(O)=C2C(=O)C(=O)N(c3nc4c(C)cc(C)cc4s3)C2c2cccc(OC)c2)c1. The van der Waals surface area contributed by atoms with E-state index in [9.17, 15) is 14.7 Å². The quantitative estimate of drug-likeness (QED) is 0.171. The Labute approximate surface area is 225 Å². The molecule has 0 radical (unpaired) electrons. The molecule has 1 atom stereocenters. The Hall–Kier alpha value is -4.17. The van der Waals surface area contributed by atoms with E-state index in [0.717, 1.165) is 27.8 Å². The molecule has 0 saturated carbocycles. The monoisotopic (exact) mass is 528 g/mol. The number of methoxy groups -OCH3 is 1. The average Bonchev–Trinajstić information content (AvgIpc) is 3.45. The number of fused-ring (bicyclic) bond motifs is 1. The van der Waals surface area contributed by atoms with Gasteiger partial charge in [0.15, 0.2) is 5.13 Å². The molecule has 0 aliphatic carbocycles. The van der Waals surface area contributed by atoms with Crippen LogP contribution in [0, 0.1) is 13.8 Å². The lowest BCUT2D eigenvalue weighted by Crippen LogP contribution is -2.29. The molecule has 1 aromatic heterocycles. The molecule has 5 rings (SSSR count). The molecule has 4 aromatic rings. The fraction of sp³-hybridized carbons (Fsp3) is 0.233. The molecule has 1 aliphatic rings. The first-order valence-electron chi connectivity index (χ1n) is 12.4. The Kier molecular flexibility index (Phi) is 6.91. The molecular formula is C30H28N2O5S. The van der Waals surface area contributed by atoms with Gasteiger partial charge in [0, 0.05) is 5.56 Å². The van der Waals surface area contributed by atoms with Crippen LogP contribution in [0.3, 0.4) is 0 Å².